The molecule has 1 amide bonds. The molecule has 1 unspecified atom stereocenters. The maximum absolute atomic E-state index is 12.7. The van der Waals surface area contributed by atoms with Crippen molar-refractivity contribution < 1.29 is 9.90 Å². The zero-order valence-corrected chi connectivity index (χ0v) is 12.6. The number of hydrogen-bond donors (Lipinski definition) is 1. The Bertz CT molecular complexity index is 478. The Morgan fingerprint density at radius 2 is 2.10 bits per heavy atom. The first kappa shape index (κ1) is 14.6. The van der Waals surface area contributed by atoms with Crippen LogP contribution in [0.1, 0.15) is 37.9 Å². The maximum atomic E-state index is 12.7. The van der Waals surface area contributed by atoms with Gasteiger partial charge in [0.05, 0.1) is 0 Å². The lowest BCUT2D eigenvalue weighted by Crippen LogP contribution is -2.43. The van der Waals surface area contributed by atoms with Crippen LogP contribution in [0.25, 0.3) is 0 Å². The fraction of sp³-hybridized carbons (Fsp3) is 0.750. The number of nitrogens with zero attached hydrogens (tertiary/aromatic N) is 3. The number of aliphatic hydroxyl groups is 1. The molecule has 0 radical (unpaired) electrons. The van der Waals surface area contributed by atoms with E-state index in [4.69, 9.17) is 5.11 Å². The van der Waals surface area contributed by atoms with Gasteiger partial charge in [-0.2, -0.15) is 0 Å². The third kappa shape index (κ3) is 3.28. The van der Waals surface area contributed by atoms with Gasteiger partial charge in [-0.05, 0) is 38.0 Å². The number of amides is 1. The summed E-state index contributed by atoms with van der Waals surface area (Å²) in [4.78, 5) is 19.1. The molecule has 1 aromatic rings. The van der Waals surface area contributed by atoms with Crippen molar-refractivity contribution in [3.05, 3.63) is 18.2 Å². The maximum Gasteiger partial charge on any atom is 0.226 e. The molecule has 0 saturated carbocycles. The summed E-state index contributed by atoms with van der Waals surface area (Å²) in [5.41, 5.74) is 0. The number of aryl methyl sites for hydroxylation is 1. The highest BCUT2D eigenvalue weighted by atomic mass is 16.2. The molecule has 2 aliphatic heterocycles. The molecule has 1 N–H and O–H groups in total. The highest BCUT2D eigenvalue weighted by molar-refractivity contribution is 5.79. The second kappa shape index (κ2) is 6.60. The van der Waals surface area contributed by atoms with Gasteiger partial charge in [-0.3, -0.25) is 4.79 Å². The first-order valence-corrected chi connectivity index (χ1v) is 8.17. The van der Waals surface area contributed by atoms with Gasteiger partial charge >= 0.3 is 0 Å². The van der Waals surface area contributed by atoms with Crippen LogP contribution in [0.4, 0.5) is 0 Å². The first-order valence-electron chi connectivity index (χ1n) is 8.17. The van der Waals surface area contributed by atoms with E-state index in [-0.39, 0.29) is 12.5 Å². The molecule has 1 aromatic heterocycles. The molecule has 116 valence electrons. The summed E-state index contributed by atoms with van der Waals surface area (Å²) in [6, 6.07) is 0. The molecule has 2 aliphatic rings. The van der Waals surface area contributed by atoms with E-state index in [1.54, 1.807) is 0 Å². The number of carbonyl (C=O) groups excluding carboxylic acids is 1. The van der Waals surface area contributed by atoms with Crippen molar-refractivity contribution in [3.8, 4) is 0 Å². The van der Waals surface area contributed by atoms with Gasteiger partial charge in [0.1, 0.15) is 5.82 Å². The van der Waals surface area contributed by atoms with E-state index in [0.717, 1.165) is 64.0 Å². The molecule has 0 aromatic carbocycles. The summed E-state index contributed by atoms with van der Waals surface area (Å²) >= 11 is 0. The zero-order chi connectivity index (χ0) is 14.7. The molecular formula is C16H25N3O2. The topological polar surface area (TPSA) is 58.4 Å². The quantitative estimate of drug-likeness (QED) is 0.913. The molecule has 5 nitrogen and oxygen atoms in total. The van der Waals surface area contributed by atoms with Crippen molar-refractivity contribution in [1.29, 1.82) is 0 Å². The number of piperidine rings is 1. The van der Waals surface area contributed by atoms with Crippen molar-refractivity contribution in [3.63, 3.8) is 0 Å². The SMILES string of the molecule is O=C(C1CCn2ccnc2C1)N1CCC(CCCO)CC1. The van der Waals surface area contributed by atoms with E-state index in [1.807, 2.05) is 12.4 Å². The van der Waals surface area contributed by atoms with Crippen LogP contribution in [0.3, 0.4) is 0 Å². The highest BCUT2D eigenvalue weighted by Crippen LogP contribution is 2.26. The van der Waals surface area contributed by atoms with Crippen molar-refractivity contribution in [2.45, 2.75) is 45.1 Å². The van der Waals surface area contributed by atoms with Gasteiger partial charge < -0.3 is 14.6 Å². The number of hydrogen-bond acceptors (Lipinski definition) is 3. The minimum Gasteiger partial charge on any atom is -0.396 e. The number of likely N-dealkylation sites (tertiary alicyclic amines) is 1. The van der Waals surface area contributed by atoms with Crippen LogP contribution >= 0.6 is 0 Å². The van der Waals surface area contributed by atoms with E-state index >= 15 is 0 Å². The predicted octanol–water partition coefficient (Wildman–Crippen LogP) is 1.46. The Morgan fingerprint density at radius 3 is 2.86 bits per heavy atom. The lowest BCUT2D eigenvalue weighted by Gasteiger charge is -2.35. The summed E-state index contributed by atoms with van der Waals surface area (Å²) in [5.74, 6) is 2.18. The molecule has 21 heavy (non-hydrogen) atoms. The van der Waals surface area contributed by atoms with Crippen molar-refractivity contribution in [1.82, 2.24) is 14.5 Å². The molecule has 3 heterocycles. The summed E-state index contributed by atoms with van der Waals surface area (Å²) in [7, 11) is 0. The van der Waals surface area contributed by atoms with Gasteiger partial charge in [0.25, 0.3) is 0 Å². The molecule has 0 aliphatic carbocycles. The molecule has 1 saturated heterocycles. The van der Waals surface area contributed by atoms with Crippen LogP contribution in [0.2, 0.25) is 0 Å². The lowest BCUT2D eigenvalue weighted by atomic mass is 9.90. The minimum absolute atomic E-state index is 0.119. The minimum atomic E-state index is 0.119. The number of aliphatic hydroxyl groups excluding tert-OH is 1. The Morgan fingerprint density at radius 1 is 1.29 bits per heavy atom. The van der Waals surface area contributed by atoms with Crippen LogP contribution in [0.15, 0.2) is 12.4 Å². The molecule has 5 heteroatoms. The summed E-state index contributed by atoms with van der Waals surface area (Å²) < 4.78 is 2.16. The fourth-order valence-corrected chi connectivity index (χ4v) is 3.64. The fourth-order valence-electron chi connectivity index (χ4n) is 3.64. The number of aromatic nitrogens is 2. The molecule has 0 bridgehead atoms. The monoisotopic (exact) mass is 291 g/mol. The smallest absolute Gasteiger partial charge is 0.226 e. The van der Waals surface area contributed by atoms with Gasteiger partial charge in [0, 0.05) is 51.0 Å². The standard InChI is InChI=1S/C16H25N3O2/c20-11-1-2-13-3-7-19(8-4-13)16(21)14-5-9-18-10-6-17-15(18)12-14/h6,10,13-14,20H,1-5,7-9,11-12H2. The molecule has 1 fully saturated rings. The largest absolute Gasteiger partial charge is 0.396 e. The summed E-state index contributed by atoms with van der Waals surface area (Å²) in [6.07, 6.45) is 9.73. The van der Waals surface area contributed by atoms with Crippen LogP contribution in [0.5, 0.6) is 0 Å². The first-order chi connectivity index (χ1) is 10.3. The number of carbonyl (C=O) groups is 1. The second-order valence-electron chi connectivity index (χ2n) is 6.36. The number of rotatable bonds is 4. The van der Waals surface area contributed by atoms with Crippen LogP contribution in [0, 0.1) is 11.8 Å². The van der Waals surface area contributed by atoms with Crippen LogP contribution in [-0.4, -0.2) is 45.2 Å². The molecule has 0 spiro atoms. The van der Waals surface area contributed by atoms with E-state index in [9.17, 15) is 4.79 Å². The Hall–Kier alpha value is -1.36. The average molecular weight is 291 g/mol. The van der Waals surface area contributed by atoms with E-state index in [1.165, 1.54) is 0 Å². The van der Waals surface area contributed by atoms with Gasteiger partial charge in [-0.1, -0.05) is 0 Å². The summed E-state index contributed by atoms with van der Waals surface area (Å²) in [6.45, 7) is 2.98. The van der Waals surface area contributed by atoms with Crippen molar-refractivity contribution >= 4 is 5.91 Å². The lowest BCUT2D eigenvalue weighted by molar-refractivity contribution is -0.137. The Labute approximate surface area is 126 Å². The van der Waals surface area contributed by atoms with E-state index in [0.29, 0.717) is 11.8 Å². The van der Waals surface area contributed by atoms with E-state index < -0.39 is 0 Å². The van der Waals surface area contributed by atoms with Crippen LogP contribution < -0.4 is 0 Å². The molecular weight excluding hydrogens is 266 g/mol. The Balaban J connectivity index is 1.51. The third-order valence-corrected chi connectivity index (χ3v) is 5.00. The predicted molar refractivity (Wildman–Crippen MR) is 79.7 cm³/mol. The van der Waals surface area contributed by atoms with Crippen molar-refractivity contribution in [2.24, 2.45) is 11.8 Å². The normalized spacial score (nSPS) is 23.1. The van der Waals surface area contributed by atoms with Gasteiger partial charge in [0.2, 0.25) is 5.91 Å². The highest BCUT2D eigenvalue weighted by Gasteiger charge is 2.31. The van der Waals surface area contributed by atoms with Gasteiger partial charge in [-0.25, -0.2) is 4.98 Å². The average Bonchev–Trinajstić information content (AvgIpc) is 3.00. The van der Waals surface area contributed by atoms with E-state index in [2.05, 4.69) is 14.5 Å². The zero-order valence-electron chi connectivity index (χ0n) is 12.6. The Kier molecular flexibility index (Phi) is 4.58. The molecule has 3 rings (SSSR count). The summed E-state index contributed by atoms with van der Waals surface area (Å²) in [5, 5.41) is 8.90. The molecule has 1 atom stereocenters. The third-order valence-electron chi connectivity index (χ3n) is 5.00. The number of fused-ring (bicyclic) bond motifs is 1. The van der Waals surface area contributed by atoms with Gasteiger partial charge in [0.15, 0.2) is 0 Å². The van der Waals surface area contributed by atoms with Gasteiger partial charge in [-0.15, -0.1) is 0 Å². The van der Waals surface area contributed by atoms with Crippen molar-refractivity contribution in [2.75, 3.05) is 19.7 Å². The number of imidazole rings is 1. The van der Waals surface area contributed by atoms with Crippen LogP contribution in [-0.2, 0) is 17.8 Å². The second-order valence-corrected chi connectivity index (χ2v) is 6.36.